The lowest BCUT2D eigenvalue weighted by Gasteiger charge is -2.57. The number of rotatable bonds is 3. The van der Waals surface area contributed by atoms with Crippen LogP contribution in [-0.4, -0.2) is 0 Å². The van der Waals surface area contributed by atoms with E-state index in [0.29, 0.717) is 5.41 Å². The molecule has 1 unspecified atom stereocenters. The average molecular weight is 340 g/mol. The fraction of sp³-hybridized carbons (Fsp3) is 0.750. The minimum absolute atomic E-state index is 0.241. The molecule has 0 radical (unpaired) electrons. The number of halogens is 1. The molecule has 19 heavy (non-hydrogen) atoms. The van der Waals surface area contributed by atoms with Gasteiger partial charge in [-0.05, 0) is 95.5 Å². The van der Waals surface area contributed by atoms with Crippen molar-refractivity contribution >= 4 is 27.3 Å². The molecule has 0 aliphatic heterocycles. The molecule has 0 spiro atoms. The summed E-state index contributed by atoms with van der Waals surface area (Å²) in [5.74, 6) is 3.10. The molecule has 0 amide bonds. The Morgan fingerprint density at radius 1 is 1.21 bits per heavy atom. The van der Waals surface area contributed by atoms with E-state index in [4.69, 9.17) is 5.73 Å². The van der Waals surface area contributed by atoms with Crippen molar-refractivity contribution in [2.45, 2.75) is 51.0 Å². The van der Waals surface area contributed by atoms with Crippen LogP contribution >= 0.6 is 27.3 Å². The molecule has 104 valence electrons. The van der Waals surface area contributed by atoms with Crippen LogP contribution in [0.15, 0.2) is 15.9 Å². The molecule has 5 rings (SSSR count). The highest BCUT2D eigenvalue weighted by Gasteiger charge is 2.51. The van der Waals surface area contributed by atoms with Crippen LogP contribution in [0, 0.1) is 23.2 Å². The zero-order valence-corrected chi connectivity index (χ0v) is 13.7. The SMILES string of the molecule is NC(CC12CC3CC(CC(C3)C1)C2)c1sccc1Br. The van der Waals surface area contributed by atoms with Gasteiger partial charge in [0.05, 0.1) is 0 Å². The fourth-order valence-electron chi connectivity index (χ4n) is 5.67. The molecule has 2 N–H and O–H groups in total. The van der Waals surface area contributed by atoms with E-state index in [-0.39, 0.29) is 6.04 Å². The molecule has 1 aromatic heterocycles. The Labute approximate surface area is 128 Å². The van der Waals surface area contributed by atoms with Crippen LogP contribution in [0.4, 0.5) is 0 Å². The first kappa shape index (κ1) is 12.8. The summed E-state index contributed by atoms with van der Waals surface area (Å²) in [5.41, 5.74) is 7.14. The lowest BCUT2D eigenvalue weighted by atomic mass is 9.48. The molecule has 1 heterocycles. The van der Waals surface area contributed by atoms with E-state index in [1.165, 1.54) is 54.3 Å². The minimum Gasteiger partial charge on any atom is -0.323 e. The normalized spacial score (nSPS) is 41.7. The average Bonchev–Trinajstić information content (AvgIpc) is 2.72. The third-order valence-corrected chi connectivity index (χ3v) is 7.80. The maximum absolute atomic E-state index is 6.54. The van der Waals surface area contributed by atoms with Crippen molar-refractivity contribution in [3.05, 3.63) is 20.8 Å². The highest BCUT2D eigenvalue weighted by atomic mass is 79.9. The van der Waals surface area contributed by atoms with Crippen LogP contribution < -0.4 is 5.73 Å². The van der Waals surface area contributed by atoms with E-state index in [0.717, 1.165) is 17.8 Å². The molecule has 1 atom stereocenters. The molecule has 0 aromatic carbocycles. The van der Waals surface area contributed by atoms with Crippen molar-refractivity contribution in [1.29, 1.82) is 0 Å². The molecular weight excluding hydrogens is 318 g/mol. The Balaban J connectivity index is 1.55. The molecule has 4 aliphatic carbocycles. The Morgan fingerprint density at radius 2 is 1.79 bits per heavy atom. The standard InChI is InChI=1S/C16H22BrNS/c17-13-1-2-19-15(13)14(18)9-16-6-10-3-11(7-16)5-12(4-10)8-16/h1-2,10-12,14H,3-9,18H2. The Morgan fingerprint density at radius 3 is 2.26 bits per heavy atom. The van der Waals surface area contributed by atoms with Crippen LogP contribution in [0.5, 0.6) is 0 Å². The van der Waals surface area contributed by atoms with Crippen LogP contribution in [0.25, 0.3) is 0 Å². The van der Waals surface area contributed by atoms with Gasteiger partial charge in [-0.3, -0.25) is 0 Å². The second kappa shape index (κ2) is 4.57. The van der Waals surface area contributed by atoms with Crippen LogP contribution in [0.1, 0.15) is 55.9 Å². The molecule has 4 fully saturated rings. The molecule has 1 aromatic rings. The first-order valence-electron chi connectivity index (χ1n) is 7.62. The van der Waals surface area contributed by atoms with Crippen molar-refractivity contribution in [2.75, 3.05) is 0 Å². The summed E-state index contributed by atoms with van der Waals surface area (Å²) < 4.78 is 1.22. The first-order valence-corrected chi connectivity index (χ1v) is 9.29. The Kier molecular flexibility index (Phi) is 3.09. The predicted octanol–water partition coefficient (Wildman–Crippen LogP) is 5.12. The summed E-state index contributed by atoms with van der Waals surface area (Å²) in [7, 11) is 0. The van der Waals surface area contributed by atoms with Gasteiger partial charge >= 0.3 is 0 Å². The van der Waals surface area contributed by atoms with Gasteiger partial charge in [-0.25, -0.2) is 0 Å². The monoisotopic (exact) mass is 339 g/mol. The van der Waals surface area contributed by atoms with Gasteiger partial charge in [-0.1, -0.05) is 0 Å². The van der Waals surface area contributed by atoms with Crippen LogP contribution in [-0.2, 0) is 0 Å². The second-order valence-corrected chi connectivity index (χ2v) is 9.16. The summed E-state index contributed by atoms with van der Waals surface area (Å²) in [6.45, 7) is 0. The predicted molar refractivity (Wildman–Crippen MR) is 84.2 cm³/mol. The van der Waals surface area contributed by atoms with E-state index < -0.39 is 0 Å². The summed E-state index contributed by atoms with van der Waals surface area (Å²) in [6.07, 6.45) is 10.2. The second-order valence-electron chi connectivity index (χ2n) is 7.36. The summed E-state index contributed by atoms with van der Waals surface area (Å²) in [4.78, 5) is 1.36. The van der Waals surface area contributed by atoms with E-state index in [1.54, 1.807) is 0 Å². The number of hydrogen-bond donors (Lipinski definition) is 1. The topological polar surface area (TPSA) is 26.0 Å². The quantitative estimate of drug-likeness (QED) is 0.812. The van der Waals surface area contributed by atoms with E-state index >= 15 is 0 Å². The first-order chi connectivity index (χ1) is 9.13. The van der Waals surface area contributed by atoms with Crippen molar-refractivity contribution in [1.82, 2.24) is 0 Å². The van der Waals surface area contributed by atoms with Gasteiger partial charge in [0.15, 0.2) is 0 Å². The molecule has 4 aliphatic rings. The van der Waals surface area contributed by atoms with Gasteiger partial charge in [-0.2, -0.15) is 0 Å². The number of nitrogens with two attached hydrogens (primary N) is 1. The molecule has 0 saturated heterocycles. The van der Waals surface area contributed by atoms with Gasteiger partial charge in [-0.15, -0.1) is 11.3 Å². The van der Waals surface area contributed by atoms with Crippen molar-refractivity contribution in [3.63, 3.8) is 0 Å². The lowest BCUT2D eigenvalue weighted by molar-refractivity contribution is -0.0604. The third-order valence-electron chi connectivity index (χ3n) is 5.80. The largest absolute Gasteiger partial charge is 0.323 e. The summed E-state index contributed by atoms with van der Waals surface area (Å²) in [6, 6.07) is 2.38. The molecule has 1 nitrogen and oxygen atoms in total. The third kappa shape index (κ3) is 2.22. The molecule has 3 heteroatoms. The van der Waals surface area contributed by atoms with E-state index in [9.17, 15) is 0 Å². The highest BCUT2D eigenvalue weighted by Crippen LogP contribution is 2.62. The maximum atomic E-state index is 6.54. The zero-order valence-electron chi connectivity index (χ0n) is 11.3. The van der Waals surface area contributed by atoms with Gasteiger partial charge < -0.3 is 5.73 Å². The summed E-state index contributed by atoms with van der Waals surface area (Å²) >= 11 is 5.46. The minimum atomic E-state index is 0.241. The van der Waals surface area contributed by atoms with Crippen molar-refractivity contribution in [2.24, 2.45) is 28.9 Å². The molecule has 4 saturated carbocycles. The van der Waals surface area contributed by atoms with E-state index in [2.05, 4.69) is 27.4 Å². The van der Waals surface area contributed by atoms with Crippen molar-refractivity contribution < 1.29 is 0 Å². The zero-order chi connectivity index (χ0) is 13.0. The van der Waals surface area contributed by atoms with Gasteiger partial charge in [0.1, 0.15) is 0 Å². The Hall–Kier alpha value is 0.140. The fourth-order valence-corrected chi connectivity index (χ4v) is 7.34. The van der Waals surface area contributed by atoms with Gasteiger partial charge in [0.2, 0.25) is 0 Å². The smallest absolute Gasteiger partial charge is 0.0406 e. The maximum Gasteiger partial charge on any atom is 0.0406 e. The van der Waals surface area contributed by atoms with Crippen LogP contribution in [0.3, 0.4) is 0 Å². The number of thiophene rings is 1. The van der Waals surface area contributed by atoms with Gasteiger partial charge in [0.25, 0.3) is 0 Å². The van der Waals surface area contributed by atoms with E-state index in [1.807, 2.05) is 11.3 Å². The number of hydrogen-bond acceptors (Lipinski definition) is 2. The Bertz CT molecular complexity index is 446. The lowest BCUT2D eigenvalue weighted by Crippen LogP contribution is -2.47. The molecular formula is C16H22BrNS. The van der Waals surface area contributed by atoms with Crippen molar-refractivity contribution in [3.8, 4) is 0 Å². The van der Waals surface area contributed by atoms with Crippen LogP contribution in [0.2, 0.25) is 0 Å². The summed E-state index contributed by atoms with van der Waals surface area (Å²) in [5, 5.41) is 2.15. The van der Waals surface area contributed by atoms with Gasteiger partial charge in [0, 0.05) is 15.4 Å². The molecule has 4 bridgehead atoms. The highest BCUT2D eigenvalue weighted by molar-refractivity contribution is 9.10.